The summed E-state index contributed by atoms with van der Waals surface area (Å²) in [7, 11) is -4.06. The Balaban J connectivity index is 1.77. The van der Waals surface area contributed by atoms with E-state index in [1.165, 1.54) is 0 Å². The molecule has 0 unspecified atom stereocenters. The lowest BCUT2D eigenvalue weighted by atomic mass is 10.1. The Labute approximate surface area is 149 Å². The van der Waals surface area contributed by atoms with Crippen molar-refractivity contribution in [2.75, 3.05) is 0 Å². The van der Waals surface area contributed by atoms with E-state index >= 15 is 0 Å². The van der Waals surface area contributed by atoms with Gasteiger partial charge in [-0.1, -0.05) is 54.1 Å². The van der Waals surface area contributed by atoms with Crippen LogP contribution in [0.15, 0.2) is 66.2 Å². The first-order valence-electron chi connectivity index (χ1n) is 7.28. The topological polar surface area (TPSA) is 95.7 Å². The predicted molar refractivity (Wildman–Crippen MR) is 91.6 cm³/mol. The van der Waals surface area contributed by atoms with Crippen LogP contribution in [-0.4, -0.2) is 14.2 Å². The molecule has 0 aliphatic carbocycles. The number of Topliss-reactive ketones (excluding diaryl/α,β-unsaturated/α-hetero) is 1. The number of rotatable bonds is 5. The van der Waals surface area contributed by atoms with Gasteiger partial charge in [0.1, 0.15) is 5.75 Å². The molecule has 3 rings (SSSR count). The van der Waals surface area contributed by atoms with Gasteiger partial charge in [-0.25, -0.2) is 0 Å². The highest BCUT2D eigenvalue weighted by Gasteiger charge is 2.39. The van der Waals surface area contributed by atoms with Gasteiger partial charge in [0.25, 0.3) is 0 Å². The van der Waals surface area contributed by atoms with Crippen LogP contribution in [-0.2, 0) is 29.6 Å². The number of halogens is 1. The third kappa shape index (κ3) is 3.94. The van der Waals surface area contributed by atoms with Gasteiger partial charge in [-0.3, -0.25) is 4.79 Å². The van der Waals surface area contributed by atoms with Crippen molar-refractivity contribution in [1.82, 2.24) is 0 Å². The molecule has 6 nitrogen and oxygen atoms in total. The highest BCUT2D eigenvalue weighted by molar-refractivity contribution is 7.86. The Morgan fingerprint density at radius 3 is 2.36 bits per heavy atom. The molecule has 25 heavy (non-hydrogen) atoms. The first-order valence-corrected chi connectivity index (χ1v) is 9.23. The molecule has 0 radical (unpaired) electrons. The Morgan fingerprint density at radius 1 is 1.08 bits per heavy atom. The quantitative estimate of drug-likeness (QED) is 0.802. The number of ether oxygens (including phenoxy) is 1. The van der Waals surface area contributed by atoms with Gasteiger partial charge in [-0.2, -0.15) is 8.42 Å². The first-order chi connectivity index (χ1) is 11.9. The zero-order valence-electron chi connectivity index (χ0n) is 12.9. The number of carbonyl (C=O) groups is 1. The van der Waals surface area contributed by atoms with Crippen molar-refractivity contribution < 1.29 is 22.1 Å². The van der Waals surface area contributed by atoms with Gasteiger partial charge in [0.05, 0.1) is 0 Å². The van der Waals surface area contributed by atoms with Crippen LogP contribution in [0, 0.1) is 0 Å². The van der Waals surface area contributed by atoms with Gasteiger partial charge in [0.2, 0.25) is 17.4 Å². The van der Waals surface area contributed by atoms with E-state index in [2.05, 4.69) is 0 Å². The zero-order chi connectivity index (χ0) is 18.0. The Hall–Kier alpha value is -2.51. The molecule has 0 amide bonds. The SMILES string of the molecule is NC1=C(OS(=O)(=O)Cc2ccccc2)C(=O)[C@@H](c2ccc(Cl)cc2)O1. The fourth-order valence-corrected chi connectivity index (χ4v) is 3.55. The summed E-state index contributed by atoms with van der Waals surface area (Å²) in [6, 6.07) is 14.8. The molecular formula is C17H14ClNO5S. The van der Waals surface area contributed by atoms with Crippen LogP contribution in [0.4, 0.5) is 0 Å². The van der Waals surface area contributed by atoms with E-state index in [0.29, 0.717) is 16.1 Å². The summed E-state index contributed by atoms with van der Waals surface area (Å²) in [4.78, 5) is 12.4. The summed E-state index contributed by atoms with van der Waals surface area (Å²) in [5.74, 6) is -1.90. The lowest BCUT2D eigenvalue weighted by molar-refractivity contribution is -0.123. The van der Waals surface area contributed by atoms with Crippen LogP contribution in [0.2, 0.25) is 5.02 Å². The number of ketones is 1. The summed E-state index contributed by atoms with van der Waals surface area (Å²) >= 11 is 5.81. The van der Waals surface area contributed by atoms with Gasteiger partial charge in [-0.15, -0.1) is 0 Å². The first kappa shape index (κ1) is 17.3. The normalized spacial score (nSPS) is 17.5. The van der Waals surface area contributed by atoms with Crippen molar-refractivity contribution in [3.63, 3.8) is 0 Å². The van der Waals surface area contributed by atoms with Gasteiger partial charge < -0.3 is 14.7 Å². The number of hydrogen-bond donors (Lipinski definition) is 1. The molecule has 8 heteroatoms. The van der Waals surface area contributed by atoms with Crippen molar-refractivity contribution in [2.24, 2.45) is 5.73 Å². The zero-order valence-corrected chi connectivity index (χ0v) is 14.5. The second-order valence-corrected chi connectivity index (χ2v) is 7.39. The lowest BCUT2D eigenvalue weighted by Gasteiger charge is -2.10. The molecule has 0 fully saturated rings. The van der Waals surface area contributed by atoms with Crippen molar-refractivity contribution in [2.45, 2.75) is 11.9 Å². The van der Waals surface area contributed by atoms with E-state index in [0.717, 1.165) is 0 Å². The molecule has 1 heterocycles. The summed E-state index contributed by atoms with van der Waals surface area (Å²) in [6.07, 6.45) is -1.06. The molecule has 2 N–H and O–H groups in total. The van der Waals surface area contributed by atoms with Gasteiger partial charge in [-0.05, 0) is 17.7 Å². The van der Waals surface area contributed by atoms with Gasteiger partial charge in [0.15, 0.2) is 6.10 Å². The maximum Gasteiger partial charge on any atom is 0.313 e. The third-order valence-electron chi connectivity index (χ3n) is 3.50. The molecule has 0 bridgehead atoms. The summed E-state index contributed by atoms with van der Waals surface area (Å²) < 4.78 is 34.6. The average Bonchev–Trinajstić information content (AvgIpc) is 2.84. The highest BCUT2D eigenvalue weighted by Crippen LogP contribution is 2.33. The maximum absolute atomic E-state index is 12.4. The van der Waals surface area contributed by atoms with Gasteiger partial charge in [0, 0.05) is 10.6 Å². The largest absolute Gasteiger partial charge is 0.460 e. The van der Waals surface area contributed by atoms with Crippen molar-refractivity contribution in [3.8, 4) is 0 Å². The second kappa shape index (κ2) is 6.78. The highest BCUT2D eigenvalue weighted by atomic mass is 35.5. The molecule has 1 aliphatic rings. The van der Waals surface area contributed by atoms with Crippen LogP contribution in [0.3, 0.4) is 0 Å². The molecule has 1 atom stereocenters. The Morgan fingerprint density at radius 2 is 1.72 bits per heavy atom. The second-order valence-electron chi connectivity index (χ2n) is 5.38. The van der Waals surface area contributed by atoms with E-state index in [9.17, 15) is 13.2 Å². The van der Waals surface area contributed by atoms with Crippen LogP contribution in [0.25, 0.3) is 0 Å². The van der Waals surface area contributed by atoms with Crippen LogP contribution >= 0.6 is 11.6 Å². The standard InChI is InChI=1S/C17H14ClNO5S/c18-13-8-6-12(7-9-13)15-14(20)16(17(19)23-15)24-25(21,22)10-11-4-2-1-3-5-11/h1-9,15H,10,19H2/t15-/m1/s1. The summed E-state index contributed by atoms with van der Waals surface area (Å²) in [5, 5.41) is 0.497. The van der Waals surface area contributed by atoms with E-state index in [4.69, 9.17) is 26.3 Å². The minimum atomic E-state index is -4.06. The van der Waals surface area contributed by atoms with Crippen LogP contribution in [0.5, 0.6) is 0 Å². The van der Waals surface area contributed by atoms with Crippen LogP contribution in [0.1, 0.15) is 17.2 Å². The molecule has 2 aromatic rings. The van der Waals surface area contributed by atoms with E-state index in [-0.39, 0.29) is 11.6 Å². The molecular weight excluding hydrogens is 366 g/mol. The van der Waals surface area contributed by atoms with Crippen molar-refractivity contribution in [3.05, 3.63) is 82.4 Å². The number of nitrogens with two attached hydrogens (primary N) is 1. The Bertz CT molecular complexity index is 923. The Kier molecular flexibility index (Phi) is 4.69. The maximum atomic E-state index is 12.4. The molecule has 0 aromatic heterocycles. The lowest BCUT2D eigenvalue weighted by Crippen LogP contribution is -2.16. The predicted octanol–water partition coefficient (Wildman–Crippen LogP) is 2.65. The fourth-order valence-electron chi connectivity index (χ4n) is 2.35. The molecule has 0 saturated heterocycles. The van der Waals surface area contributed by atoms with Gasteiger partial charge >= 0.3 is 10.1 Å². The summed E-state index contributed by atoms with van der Waals surface area (Å²) in [6.45, 7) is 0. The van der Waals surface area contributed by atoms with E-state index in [1.807, 2.05) is 0 Å². The number of carbonyl (C=O) groups excluding carboxylic acids is 1. The molecule has 0 spiro atoms. The van der Waals surface area contributed by atoms with Crippen molar-refractivity contribution in [1.29, 1.82) is 0 Å². The fraction of sp³-hybridized carbons (Fsp3) is 0.118. The van der Waals surface area contributed by atoms with E-state index in [1.54, 1.807) is 54.6 Å². The monoisotopic (exact) mass is 379 g/mol. The van der Waals surface area contributed by atoms with Crippen LogP contribution < -0.4 is 5.73 Å². The average molecular weight is 380 g/mol. The molecule has 0 saturated carbocycles. The van der Waals surface area contributed by atoms with Crippen molar-refractivity contribution >= 4 is 27.5 Å². The molecule has 130 valence electrons. The smallest absolute Gasteiger partial charge is 0.313 e. The minimum absolute atomic E-state index is 0.360. The number of benzene rings is 2. The minimum Gasteiger partial charge on any atom is -0.460 e. The van der Waals surface area contributed by atoms with E-state index < -0.39 is 27.8 Å². The summed E-state index contributed by atoms with van der Waals surface area (Å²) in [5.41, 5.74) is 6.68. The third-order valence-corrected chi connectivity index (χ3v) is 4.86. The molecule has 2 aromatic carbocycles. The molecule has 1 aliphatic heterocycles. The number of hydrogen-bond acceptors (Lipinski definition) is 6.